The van der Waals surface area contributed by atoms with Crippen LogP contribution in [0.5, 0.6) is 0 Å². The smallest absolute Gasteiger partial charge is 0.267 e. The van der Waals surface area contributed by atoms with Gasteiger partial charge < -0.3 is 20.3 Å². The number of amides is 2. The predicted octanol–water partition coefficient (Wildman–Crippen LogP) is 2.68. The molecule has 0 aliphatic carbocycles. The van der Waals surface area contributed by atoms with Gasteiger partial charge in [0.25, 0.3) is 11.8 Å². The molecule has 0 spiro atoms. The molecule has 1 saturated heterocycles. The van der Waals surface area contributed by atoms with Crippen molar-refractivity contribution in [3.05, 3.63) is 66.2 Å². The first-order valence-corrected chi connectivity index (χ1v) is 10.9. The molecular formula is C23H19N5O4S. The Morgan fingerprint density at radius 2 is 1.94 bits per heavy atom. The third-order valence-corrected chi connectivity index (χ3v) is 6.48. The van der Waals surface area contributed by atoms with Crippen LogP contribution >= 0.6 is 11.5 Å². The molecule has 1 aromatic carbocycles. The minimum Gasteiger partial charge on any atom is -0.373 e. The largest absolute Gasteiger partial charge is 0.373 e. The molecule has 1 unspecified atom stereocenters. The topological polar surface area (TPSA) is 135 Å². The molecule has 0 bridgehead atoms. The zero-order chi connectivity index (χ0) is 23.2. The molecule has 2 amide bonds. The molecule has 0 saturated carbocycles. The summed E-state index contributed by atoms with van der Waals surface area (Å²) in [4.78, 5) is 31.0. The van der Waals surface area contributed by atoms with Crippen LogP contribution in [0.2, 0.25) is 0 Å². The zero-order valence-electron chi connectivity index (χ0n) is 17.6. The van der Waals surface area contributed by atoms with E-state index in [0.29, 0.717) is 23.5 Å². The Balaban J connectivity index is 1.53. The van der Waals surface area contributed by atoms with Crippen molar-refractivity contribution in [3.8, 4) is 33.0 Å². The predicted molar refractivity (Wildman–Crippen MR) is 121 cm³/mol. The van der Waals surface area contributed by atoms with E-state index in [1.54, 1.807) is 25.4 Å². The second-order valence-corrected chi connectivity index (χ2v) is 8.69. The maximum atomic E-state index is 12.4. The molecule has 4 aromatic rings. The van der Waals surface area contributed by atoms with Crippen LogP contribution in [0.3, 0.4) is 0 Å². The zero-order valence-corrected chi connectivity index (χ0v) is 18.4. The third kappa shape index (κ3) is 3.69. The highest BCUT2D eigenvalue weighted by molar-refractivity contribution is 7.09. The molecule has 1 aliphatic heterocycles. The standard InChI is InChI=1S/C23H19N5O4S/c1-28-8-6-23(31,22(28)30)20-12-17(27-32-20)14-4-2-3-13(9-14)16-10-15(19-5-7-25-33-19)11-18(26-16)21(24)29/h2-5,7,9-12,31H,6,8H2,1H3,(H2,24,29). The van der Waals surface area contributed by atoms with Gasteiger partial charge in [-0.2, -0.15) is 0 Å². The number of hydrogen-bond donors (Lipinski definition) is 2. The van der Waals surface area contributed by atoms with E-state index in [1.807, 2.05) is 36.4 Å². The van der Waals surface area contributed by atoms with Gasteiger partial charge in [-0.05, 0) is 41.4 Å². The summed E-state index contributed by atoms with van der Waals surface area (Å²) in [7, 11) is 1.63. The number of aromatic nitrogens is 3. The lowest BCUT2D eigenvalue weighted by atomic mass is 9.97. The number of nitrogens with two attached hydrogens (primary N) is 1. The van der Waals surface area contributed by atoms with Crippen LogP contribution in [0.4, 0.5) is 0 Å². The van der Waals surface area contributed by atoms with Gasteiger partial charge >= 0.3 is 0 Å². The first kappa shape index (κ1) is 21.0. The van der Waals surface area contributed by atoms with Crippen LogP contribution in [0.25, 0.3) is 33.0 Å². The number of primary amides is 1. The summed E-state index contributed by atoms with van der Waals surface area (Å²) in [5, 5.41) is 14.9. The summed E-state index contributed by atoms with van der Waals surface area (Å²) in [5.74, 6) is -0.931. The van der Waals surface area contributed by atoms with E-state index in [-0.39, 0.29) is 17.9 Å². The molecule has 5 rings (SSSR count). The van der Waals surface area contributed by atoms with Gasteiger partial charge in [0.15, 0.2) is 5.76 Å². The van der Waals surface area contributed by atoms with E-state index < -0.39 is 17.4 Å². The Kier molecular flexibility index (Phi) is 5.03. The molecule has 0 radical (unpaired) electrons. The molecule has 1 fully saturated rings. The maximum Gasteiger partial charge on any atom is 0.267 e. The minimum absolute atomic E-state index is 0.110. The fraction of sp³-hybridized carbons (Fsp3) is 0.174. The summed E-state index contributed by atoms with van der Waals surface area (Å²) in [6.45, 7) is 0.435. The lowest BCUT2D eigenvalue weighted by molar-refractivity contribution is -0.144. The third-order valence-electron chi connectivity index (χ3n) is 5.68. The first-order chi connectivity index (χ1) is 15.8. The van der Waals surface area contributed by atoms with Gasteiger partial charge in [-0.3, -0.25) is 9.59 Å². The minimum atomic E-state index is -1.71. The molecular weight excluding hydrogens is 442 g/mol. The van der Waals surface area contributed by atoms with Gasteiger partial charge in [0.2, 0.25) is 5.60 Å². The molecule has 1 atom stereocenters. The number of nitrogens with zero attached hydrogens (tertiary/aromatic N) is 4. The highest BCUT2D eigenvalue weighted by atomic mass is 32.1. The van der Waals surface area contributed by atoms with Crippen molar-refractivity contribution in [1.29, 1.82) is 0 Å². The molecule has 10 heteroatoms. The molecule has 33 heavy (non-hydrogen) atoms. The van der Waals surface area contributed by atoms with Crippen molar-refractivity contribution in [3.63, 3.8) is 0 Å². The van der Waals surface area contributed by atoms with Crippen LogP contribution in [0.1, 0.15) is 22.7 Å². The van der Waals surface area contributed by atoms with Crippen molar-refractivity contribution < 1.29 is 19.2 Å². The molecule has 4 heterocycles. The quantitative estimate of drug-likeness (QED) is 0.466. The fourth-order valence-electron chi connectivity index (χ4n) is 3.84. The Morgan fingerprint density at radius 1 is 1.15 bits per heavy atom. The van der Waals surface area contributed by atoms with Crippen LogP contribution < -0.4 is 5.73 Å². The van der Waals surface area contributed by atoms with Crippen molar-refractivity contribution in [2.45, 2.75) is 12.0 Å². The maximum absolute atomic E-state index is 12.4. The number of pyridine rings is 1. The van der Waals surface area contributed by atoms with E-state index in [2.05, 4.69) is 14.5 Å². The van der Waals surface area contributed by atoms with E-state index in [4.69, 9.17) is 10.3 Å². The molecule has 1 aliphatic rings. The number of carbonyl (C=O) groups excluding carboxylic acids is 2. The van der Waals surface area contributed by atoms with E-state index in [0.717, 1.165) is 16.0 Å². The van der Waals surface area contributed by atoms with E-state index in [1.165, 1.54) is 16.4 Å². The Hall–Kier alpha value is -3.89. The van der Waals surface area contributed by atoms with Crippen molar-refractivity contribution >= 4 is 23.3 Å². The van der Waals surface area contributed by atoms with Gasteiger partial charge in [0.05, 0.1) is 10.6 Å². The monoisotopic (exact) mass is 461 g/mol. The van der Waals surface area contributed by atoms with Gasteiger partial charge in [-0.15, -0.1) is 0 Å². The van der Waals surface area contributed by atoms with Gasteiger partial charge in [-0.25, -0.2) is 9.36 Å². The van der Waals surface area contributed by atoms with Crippen LogP contribution in [-0.4, -0.2) is 49.9 Å². The number of benzene rings is 1. The number of aliphatic hydroxyl groups is 1. The summed E-state index contributed by atoms with van der Waals surface area (Å²) < 4.78 is 9.48. The second-order valence-electron chi connectivity index (χ2n) is 7.86. The highest BCUT2D eigenvalue weighted by Gasteiger charge is 2.48. The lowest BCUT2D eigenvalue weighted by Gasteiger charge is -2.16. The van der Waals surface area contributed by atoms with Crippen molar-refractivity contribution in [1.82, 2.24) is 19.4 Å². The average Bonchev–Trinajstić information content (AvgIpc) is 3.58. The van der Waals surface area contributed by atoms with Crippen LogP contribution in [-0.2, 0) is 10.4 Å². The van der Waals surface area contributed by atoms with Gasteiger partial charge in [-0.1, -0.05) is 23.4 Å². The summed E-state index contributed by atoms with van der Waals surface area (Å²) in [5.41, 5.74) is 7.21. The normalized spacial score (nSPS) is 18.1. The van der Waals surface area contributed by atoms with E-state index in [9.17, 15) is 14.7 Å². The second kappa shape index (κ2) is 7.91. The molecule has 166 valence electrons. The highest BCUT2D eigenvalue weighted by Crippen LogP contribution is 2.35. The molecule has 3 aromatic heterocycles. The Bertz CT molecular complexity index is 1370. The van der Waals surface area contributed by atoms with Crippen molar-refractivity contribution in [2.24, 2.45) is 5.73 Å². The van der Waals surface area contributed by atoms with Crippen molar-refractivity contribution in [2.75, 3.05) is 13.6 Å². The number of hydrogen-bond acceptors (Lipinski definition) is 8. The number of likely N-dealkylation sites (N-methyl/N-ethyl adjacent to an activating group) is 1. The fourth-order valence-corrected chi connectivity index (χ4v) is 4.42. The van der Waals surface area contributed by atoms with E-state index >= 15 is 0 Å². The van der Waals surface area contributed by atoms with Crippen LogP contribution in [0, 0.1) is 0 Å². The summed E-state index contributed by atoms with van der Waals surface area (Å²) in [6, 6.07) is 14.3. The average molecular weight is 462 g/mol. The Morgan fingerprint density at radius 3 is 2.61 bits per heavy atom. The summed E-state index contributed by atoms with van der Waals surface area (Å²) in [6.07, 6.45) is 1.93. The number of rotatable bonds is 5. The first-order valence-electron chi connectivity index (χ1n) is 10.1. The number of carbonyl (C=O) groups is 2. The SMILES string of the molecule is CN1CCC(O)(c2cc(-c3cccc(-c4cc(-c5ccns5)cc(C(N)=O)n4)c3)no2)C1=O. The van der Waals surface area contributed by atoms with Crippen LogP contribution in [0.15, 0.2) is 59.3 Å². The lowest BCUT2D eigenvalue weighted by Crippen LogP contribution is -2.35. The van der Waals surface area contributed by atoms with Gasteiger partial charge in [0.1, 0.15) is 11.4 Å². The Labute approximate surface area is 192 Å². The summed E-state index contributed by atoms with van der Waals surface area (Å²) >= 11 is 1.31. The molecule has 9 nitrogen and oxygen atoms in total. The van der Waals surface area contributed by atoms with Gasteiger partial charge in [0, 0.05) is 43.4 Å². The number of likely N-dealkylation sites (tertiary alicyclic amines) is 1. The molecule has 3 N–H and O–H groups in total.